The fraction of sp³-hybridized carbons (Fsp3) is 0.143. The van der Waals surface area contributed by atoms with Crippen LogP contribution in [0.15, 0.2) is 40.9 Å². The highest BCUT2D eigenvalue weighted by atomic mass is 79.9. The van der Waals surface area contributed by atoms with Crippen LogP contribution >= 0.6 is 27.3 Å². The van der Waals surface area contributed by atoms with E-state index in [1.54, 1.807) is 11.5 Å². The molecule has 110 valence electrons. The molecule has 0 saturated heterocycles. The van der Waals surface area contributed by atoms with Crippen LogP contribution in [0.5, 0.6) is 0 Å². The summed E-state index contributed by atoms with van der Waals surface area (Å²) in [4.78, 5) is 24.0. The molecule has 0 aliphatic rings. The van der Waals surface area contributed by atoms with Gasteiger partial charge in [0.1, 0.15) is 0 Å². The molecule has 5 nitrogen and oxygen atoms in total. The summed E-state index contributed by atoms with van der Waals surface area (Å²) < 4.78 is 0.975. The van der Waals surface area contributed by atoms with E-state index < -0.39 is 5.91 Å². The highest BCUT2D eigenvalue weighted by molar-refractivity contribution is 9.10. The zero-order chi connectivity index (χ0) is 15.4. The number of carbonyl (C=O) groups is 2. The molecule has 0 spiro atoms. The van der Waals surface area contributed by atoms with E-state index in [0.29, 0.717) is 4.88 Å². The number of hydrogen-bond donors (Lipinski definition) is 3. The van der Waals surface area contributed by atoms with Gasteiger partial charge >= 0.3 is 0 Å². The smallest absolute Gasteiger partial charge is 0.284 e. The van der Waals surface area contributed by atoms with E-state index in [-0.39, 0.29) is 16.8 Å². The third-order valence-electron chi connectivity index (χ3n) is 2.87. The molecule has 0 aliphatic carbocycles. The zero-order valence-electron chi connectivity index (χ0n) is 11.1. The summed E-state index contributed by atoms with van der Waals surface area (Å²) in [5, 5.41) is 11.4. The van der Waals surface area contributed by atoms with Crippen LogP contribution in [0.1, 0.15) is 37.9 Å². The summed E-state index contributed by atoms with van der Waals surface area (Å²) in [7, 11) is 0. The first-order chi connectivity index (χ1) is 10.0. The lowest BCUT2D eigenvalue weighted by Gasteiger charge is -2.13. The van der Waals surface area contributed by atoms with E-state index >= 15 is 0 Å². The van der Waals surface area contributed by atoms with Crippen LogP contribution in [0.25, 0.3) is 0 Å². The van der Waals surface area contributed by atoms with Crippen LogP contribution in [0.2, 0.25) is 0 Å². The second-order valence-electron chi connectivity index (χ2n) is 4.35. The number of amides is 2. The molecule has 0 bridgehead atoms. The van der Waals surface area contributed by atoms with Crippen molar-refractivity contribution in [3.63, 3.8) is 0 Å². The van der Waals surface area contributed by atoms with Crippen molar-refractivity contribution in [1.82, 2.24) is 10.8 Å². The summed E-state index contributed by atoms with van der Waals surface area (Å²) in [6.45, 7) is 1.89. The number of hydroxylamine groups is 1. The quantitative estimate of drug-likeness (QED) is 0.572. The second kappa shape index (κ2) is 6.84. The maximum absolute atomic E-state index is 12.1. The summed E-state index contributed by atoms with van der Waals surface area (Å²) in [5.74, 6) is -0.882. The van der Waals surface area contributed by atoms with Crippen molar-refractivity contribution < 1.29 is 14.8 Å². The monoisotopic (exact) mass is 368 g/mol. The molecular weight excluding hydrogens is 356 g/mol. The average Bonchev–Trinajstić information content (AvgIpc) is 2.97. The van der Waals surface area contributed by atoms with Crippen LogP contribution in [0.4, 0.5) is 0 Å². The number of hydrogen-bond acceptors (Lipinski definition) is 4. The van der Waals surface area contributed by atoms with Crippen LogP contribution in [0, 0.1) is 0 Å². The molecule has 1 heterocycles. The van der Waals surface area contributed by atoms with Crippen molar-refractivity contribution >= 4 is 39.1 Å². The fourth-order valence-corrected chi connectivity index (χ4v) is 2.80. The van der Waals surface area contributed by atoms with E-state index in [9.17, 15) is 9.59 Å². The van der Waals surface area contributed by atoms with Gasteiger partial charge < -0.3 is 5.32 Å². The third kappa shape index (κ3) is 3.90. The number of thiophene rings is 1. The van der Waals surface area contributed by atoms with E-state index in [4.69, 9.17) is 5.21 Å². The first-order valence-corrected chi connectivity index (χ1v) is 7.73. The normalized spacial score (nSPS) is 11.8. The van der Waals surface area contributed by atoms with E-state index in [1.807, 2.05) is 31.2 Å². The van der Waals surface area contributed by atoms with Gasteiger partial charge in [-0.15, -0.1) is 11.3 Å². The molecule has 2 aromatic rings. The standard InChI is InChI=1S/C14H13BrN2O3S/c1-8(9-2-4-10(15)5-3-9)16-13(18)11-6-7-12(21-11)14(19)17-20/h2-8,20H,1H3,(H,16,18)(H,17,19)/t8-/m0/s1. The predicted molar refractivity (Wildman–Crippen MR) is 83.6 cm³/mol. The lowest BCUT2D eigenvalue weighted by molar-refractivity contribution is 0.0711. The first-order valence-electron chi connectivity index (χ1n) is 6.12. The van der Waals surface area contributed by atoms with E-state index in [0.717, 1.165) is 21.4 Å². The molecule has 21 heavy (non-hydrogen) atoms. The molecule has 0 radical (unpaired) electrons. The van der Waals surface area contributed by atoms with Crippen molar-refractivity contribution in [1.29, 1.82) is 0 Å². The van der Waals surface area contributed by atoms with Gasteiger partial charge in [0.2, 0.25) is 0 Å². The van der Waals surface area contributed by atoms with Crippen molar-refractivity contribution in [2.75, 3.05) is 0 Å². The average molecular weight is 369 g/mol. The molecule has 3 N–H and O–H groups in total. The number of rotatable bonds is 4. The van der Waals surface area contributed by atoms with Gasteiger partial charge in [-0.2, -0.15) is 0 Å². The molecule has 2 amide bonds. The highest BCUT2D eigenvalue weighted by Crippen LogP contribution is 2.20. The SMILES string of the molecule is C[C@H](NC(=O)c1ccc(C(=O)NO)s1)c1ccc(Br)cc1. The summed E-state index contributed by atoms with van der Waals surface area (Å²) in [6, 6.07) is 10.6. The van der Waals surface area contributed by atoms with Gasteiger partial charge in [-0.3, -0.25) is 14.8 Å². The highest BCUT2D eigenvalue weighted by Gasteiger charge is 2.15. The molecule has 1 aromatic heterocycles. The zero-order valence-corrected chi connectivity index (χ0v) is 13.5. The second-order valence-corrected chi connectivity index (χ2v) is 6.35. The van der Waals surface area contributed by atoms with Gasteiger partial charge in [0, 0.05) is 4.47 Å². The van der Waals surface area contributed by atoms with Gasteiger partial charge in [0.25, 0.3) is 11.8 Å². The van der Waals surface area contributed by atoms with E-state index in [2.05, 4.69) is 21.2 Å². The van der Waals surface area contributed by atoms with Gasteiger partial charge in [0.05, 0.1) is 15.8 Å². The van der Waals surface area contributed by atoms with E-state index in [1.165, 1.54) is 6.07 Å². The number of nitrogens with one attached hydrogen (secondary N) is 2. The number of carbonyl (C=O) groups excluding carboxylic acids is 2. The summed E-state index contributed by atoms with van der Waals surface area (Å²) in [6.07, 6.45) is 0. The largest absolute Gasteiger partial charge is 0.345 e. The molecule has 1 atom stereocenters. The molecule has 0 saturated carbocycles. The fourth-order valence-electron chi connectivity index (χ4n) is 1.74. The summed E-state index contributed by atoms with van der Waals surface area (Å²) in [5.41, 5.74) is 2.52. The van der Waals surface area contributed by atoms with Gasteiger partial charge in [-0.1, -0.05) is 28.1 Å². The molecule has 1 aromatic carbocycles. The molecule has 2 rings (SSSR count). The van der Waals surface area contributed by atoms with Crippen molar-refractivity contribution in [2.24, 2.45) is 0 Å². The Balaban J connectivity index is 2.05. The number of benzene rings is 1. The van der Waals surface area contributed by atoms with Crippen LogP contribution in [-0.2, 0) is 0 Å². The Morgan fingerprint density at radius 2 is 1.67 bits per heavy atom. The van der Waals surface area contributed by atoms with Crippen LogP contribution in [-0.4, -0.2) is 17.0 Å². The lowest BCUT2D eigenvalue weighted by Crippen LogP contribution is -2.25. The molecule has 0 fully saturated rings. The Labute approximate surface area is 134 Å². The summed E-state index contributed by atoms with van der Waals surface area (Å²) >= 11 is 4.38. The minimum atomic E-state index is -0.625. The van der Waals surface area contributed by atoms with Crippen LogP contribution < -0.4 is 10.8 Å². The van der Waals surface area contributed by atoms with Crippen molar-refractivity contribution in [3.05, 3.63) is 56.2 Å². The maximum Gasteiger partial charge on any atom is 0.284 e. The van der Waals surface area contributed by atoms with Gasteiger partial charge in [-0.05, 0) is 36.8 Å². The predicted octanol–water partition coefficient (Wildman–Crippen LogP) is 3.12. The third-order valence-corrected chi connectivity index (χ3v) is 4.48. The van der Waals surface area contributed by atoms with Crippen molar-refractivity contribution in [2.45, 2.75) is 13.0 Å². The van der Waals surface area contributed by atoms with Crippen molar-refractivity contribution in [3.8, 4) is 0 Å². The Morgan fingerprint density at radius 1 is 1.10 bits per heavy atom. The minimum Gasteiger partial charge on any atom is -0.345 e. The molecule has 0 unspecified atom stereocenters. The number of halogens is 1. The molecule has 0 aliphatic heterocycles. The van der Waals surface area contributed by atoms with Crippen LogP contribution in [0.3, 0.4) is 0 Å². The Bertz CT molecular complexity index is 654. The molecule has 7 heteroatoms. The minimum absolute atomic E-state index is 0.150. The first kappa shape index (κ1) is 15.7. The topological polar surface area (TPSA) is 78.4 Å². The Morgan fingerprint density at radius 3 is 2.24 bits per heavy atom. The maximum atomic E-state index is 12.1. The Kier molecular flexibility index (Phi) is 5.11. The van der Waals surface area contributed by atoms with Gasteiger partial charge in [-0.25, -0.2) is 5.48 Å². The lowest BCUT2D eigenvalue weighted by atomic mass is 10.1. The van der Waals surface area contributed by atoms with Gasteiger partial charge in [0.15, 0.2) is 0 Å². The molecular formula is C14H13BrN2O3S. The Hall–Kier alpha value is -1.70.